The van der Waals surface area contributed by atoms with Crippen molar-refractivity contribution in [3.8, 4) is 5.75 Å². The second kappa shape index (κ2) is 8.43. The van der Waals surface area contributed by atoms with E-state index in [2.05, 4.69) is 0 Å². The highest BCUT2D eigenvalue weighted by Gasteiger charge is 2.30. The molecule has 0 amide bonds. The van der Waals surface area contributed by atoms with Gasteiger partial charge in [-0.1, -0.05) is 35.3 Å². The average Bonchev–Trinajstić information content (AvgIpc) is 2.70. The third-order valence-corrected chi connectivity index (χ3v) is 6.80. The molecule has 0 bridgehead atoms. The summed E-state index contributed by atoms with van der Waals surface area (Å²) in [6.45, 7) is 1.83. The van der Waals surface area contributed by atoms with Crippen LogP contribution in [-0.2, 0) is 10.0 Å². The quantitative estimate of drug-likeness (QED) is 0.479. The highest BCUT2D eigenvalue weighted by Crippen LogP contribution is 2.35. The van der Waals surface area contributed by atoms with Gasteiger partial charge >= 0.3 is 0 Å². The molecular formula is C21H19Cl2NO3S. The molecule has 4 nitrogen and oxygen atoms in total. The molecule has 28 heavy (non-hydrogen) atoms. The lowest BCUT2D eigenvalue weighted by molar-refractivity contribution is 0.414. The molecule has 3 rings (SSSR count). The van der Waals surface area contributed by atoms with Gasteiger partial charge in [-0.05, 0) is 73.2 Å². The molecule has 3 aromatic rings. The normalized spacial score (nSPS) is 12.4. The molecule has 0 aromatic heterocycles. The van der Waals surface area contributed by atoms with Crippen LogP contribution < -0.4 is 9.04 Å². The summed E-state index contributed by atoms with van der Waals surface area (Å²) in [6, 6.07) is 19.7. The molecule has 0 radical (unpaired) electrons. The van der Waals surface area contributed by atoms with Crippen LogP contribution in [0.2, 0.25) is 10.0 Å². The van der Waals surface area contributed by atoms with Gasteiger partial charge in [-0.25, -0.2) is 8.42 Å². The van der Waals surface area contributed by atoms with Crippen LogP contribution in [0.5, 0.6) is 5.75 Å². The molecule has 0 fully saturated rings. The molecule has 0 heterocycles. The van der Waals surface area contributed by atoms with Gasteiger partial charge in [0.15, 0.2) is 0 Å². The van der Waals surface area contributed by atoms with E-state index in [4.69, 9.17) is 27.9 Å². The topological polar surface area (TPSA) is 46.6 Å². The first-order valence-electron chi connectivity index (χ1n) is 8.52. The van der Waals surface area contributed by atoms with Crippen LogP contribution in [0.1, 0.15) is 18.5 Å². The summed E-state index contributed by atoms with van der Waals surface area (Å²) in [5.74, 6) is 0.657. The first kappa shape index (κ1) is 20.5. The van der Waals surface area contributed by atoms with E-state index in [1.165, 1.54) is 16.4 Å². The van der Waals surface area contributed by atoms with E-state index in [-0.39, 0.29) is 4.90 Å². The Morgan fingerprint density at radius 1 is 0.893 bits per heavy atom. The number of hydrogen-bond acceptors (Lipinski definition) is 3. The molecular weight excluding hydrogens is 417 g/mol. The maximum atomic E-state index is 13.5. The Hall–Kier alpha value is -2.21. The SMILES string of the molecule is COc1cccc([C@@H](C)N(c2ccc(Cl)cc2)S(=O)(=O)c2ccc(Cl)cc2)c1. The van der Waals surface area contributed by atoms with Crippen LogP contribution in [0.25, 0.3) is 0 Å². The summed E-state index contributed by atoms with van der Waals surface area (Å²) in [6.07, 6.45) is 0. The minimum absolute atomic E-state index is 0.154. The van der Waals surface area contributed by atoms with Gasteiger partial charge in [0.25, 0.3) is 10.0 Å². The molecule has 0 saturated heterocycles. The number of anilines is 1. The van der Waals surface area contributed by atoms with Gasteiger partial charge in [-0.3, -0.25) is 4.31 Å². The summed E-state index contributed by atoms with van der Waals surface area (Å²) >= 11 is 11.9. The highest BCUT2D eigenvalue weighted by atomic mass is 35.5. The molecule has 146 valence electrons. The zero-order valence-corrected chi connectivity index (χ0v) is 17.7. The fraction of sp³-hybridized carbons (Fsp3) is 0.143. The van der Waals surface area contributed by atoms with Crippen molar-refractivity contribution in [3.63, 3.8) is 0 Å². The first-order valence-corrected chi connectivity index (χ1v) is 10.7. The van der Waals surface area contributed by atoms with Crippen molar-refractivity contribution in [2.75, 3.05) is 11.4 Å². The summed E-state index contributed by atoms with van der Waals surface area (Å²) in [4.78, 5) is 0.154. The van der Waals surface area contributed by atoms with E-state index < -0.39 is 16.1 Å². The molecule has 0 aliphatic carbocycles. The third kappa shape index (κ3) is 4.27. The van der Waals surface area contributed by atoms with Crippen molar-refractivity contribution < 1.29 is 13.2 Å². The van der Waals surface area contributed by atoms with E-state index in [9.17, 15) is 8.42 Å². The molecule has 0 saturated carbocycles. The number of nitrogens with zero attached hydrogens (tertiary/aromatic N) is 1. The Kier molecular flexibility index (Phi) is 6.18. The van der Waals surface area contributed by atoms with E-state index in [1.54, 1.807) is 43.5 Å². The zero-order chi connectivity index (χ0) is 20.3. The van der Waals surface area contributed by atoms with Crippen molar-refractivity contribution in [1.82, 2.24) is 0 Å². The summed E-state index contributed by atoms with van der Waals surface area (Å²) in [5, 5.41) is 1.000. The maximum Gasteiger partial charge on any atom is 0.264 e. The molecule has 3 aromatic carbocycles. The van der Waals surface area contributed by atoms with Crippen LogP contribution in [0.4, 0.5) is 5.69 Å². The molecule has 0 aliphatic heterocycles. The van der Waals surface area contributed by atoms with Crippen LogP contribution in [-0.4, -0.2) is 15.5 Å². The summed E-state index contributed by atoms with van der Waals surface area (Å²) in [5.41, 5.74) is 1.31. The predicted molar refractivity (Wildman–Crippen MR) is 114 cm³/mol. The third-order valence-electron chi connectivity index (χ3n) is 4.38. The average molecular weight is 436 g/mol. The van der Waals surface area contributed by atoms with E-state index in [0.717, 1.165) is 5.56 Å². The fourth-order valence-electron chi connectivity index (χ4n) is 2.92. The highest BCUT2D eigenvalue weighted by molar-refractivity contribution is 7.92. The number of methoxy groups -OCH3 is 1. The smallest absolute Gasteiger partial charge is 0.264 e. The van der Waals surface area contributed by atoms with Crippen molar-refractivity contribution in [3.05, 3.63) is 88.4 Å². The molecule has 0 unspecified atom stereocenters. The van der Waals surface area contributed by atoms with E-state index in [0.29, 0.717) is 21.5 Å². The van der Waals surface area contributed by atoms with Crippen molar-refractivity contribution in [2.45, 2.75) is 17.9 Å². The standard InChI is InChI=1S/C21H19Cl2NO3S/c1-15(16-4-3-5-20(14-16)27-2)24(19-10-6-17(22)7-11-19)28(25,26)21-12-8-18(23)9-13-21/h3-15H,1-2H3/t15-/m1/s1. The largest absolute Gasteiger partial charge is 0.497 e. The van der Waals surface area contributed by atoms with Gasteiger partial charge in [0.1, 0.15) is 5.75 Å². The Labute approximate surface area is 175 Å². The second-order valence-corrected chi connectivity index (χ2v) is 8.87. The van der Waals surface area contributed by atoms with Crippen LogP contribution >= 0.6 is 23.2 Å². The minimum atomic E-state index is -3.86. The van der Waals surface area contributed by atoms with Crippen LogP contribution in [0.15, 0.2) is 77.7 Å². The molecule has 0 spiro atoms. The van der Waals surface area contributed by atoms with Gasteiger partial charge in [-0.15, -0.1) is 0 Å². The van der Waals surface area contributed by atoms with Crippen LogP contribution in [0, 0.1) is 0 Å². The van der Waals surface area contributed by atoms with Gasteiger partial charge in [-0.2, -0.15) is 0 Å². The Morgan fingerprint density at radius 2 is 1.46 bits per heavy atom. The summed E-state index contributed by atoms with van der Waals surface area (Å²) < 4.78 is 33.7. The minimum Gasteiger partial charge on any atom is -0.497 e. The van der Waals surface area contributed by atoms with Crippen molar-refractivity contribution >= 4 is 38.9 Å². The molecule has 0 aliphatic rings. The number of halogens is 2. The first-order chi connectivity index (χ1) is 13.3. The van der Waals surface area contributed by atoms with Crippen molar-refractivity contribution in [2.24, 2.45) is 0 Å². The fourth-order valence-corrected chi connectivity index (χ4v) is 4.81. The molecule has 7 heteroatoms. The lowest BCUT2D eigenvalue weighted by atomic mass is 10.1. The molecule has 1 atom stereocenters. The predicted octanol–water partition coefficient (Wildman–Crippen LogP) is 5.96. The lowest BCUT2D eigenvalue weighted by Crippen LogP contribution is -2.33. The van der Waals surface area contributed by atoms with Gasteiger partial charge < -0.3 is 4.74 Å². The van der Waals surface area contributed by atoms with Gasteiger partial charge in [0.05, 0.1) is 23.7 Å². The number of benzene rings is 3. The Bertz CT molecular complexity index is 1050. The number of rotatable bonds is 6. The Morgan fingerprint density at radius 3 is 2.04 bits per heavy atom. The zero-order valence-electron chi connectivity index (χ0n) is 15.3. The molecule has 0 N–H and O–H groups in total. The number of ether oxygens (including phenoxy) is 1. The number of sulfonamides is 1. The maximum absolute atomic E-state index is 13.5. The second-order valence-electron chi connectivity index (χ2n) is 6.18. The summed E-state index contributed by atoms with van der Waals surface area (Å²) in [7, 11) is -2.29. The lowest BCUT2D eigenvalue weighted by Gasteiger charge is -2.31. The van der Waals surface area contributed by atoms with E-state index >= 15 is 0 Å². The number of hydrogen-bond donors (Lipinski definition) is 0. The van der Waals surface area contributed by atoms with E-state index in [1.807, 2.05) is 31.2 Å². The Balaban J connectivity index is 2.14. The van der Waals surface area contributed by atoms with Crippen molar-refractivity contribution in [1.29, 1.82) is 0 Å². The monoisotopic (exact) mass is 435 g/mol. The van der Waals surface area contributed by atoms with Gasteiger partial charge in [0.2, 0.25) is 0 Å². The van der Waals surface area contributed by atoms with Gasteiger partial charge in [0, 0.05) is 10.0 Å². The van der Waals surface area contributed by atoms with Crippen LogP contribution in [0.3, 0.4) is 0 Å².